The maximum atomic E-state index is 14.5. The number of rotatable bonds is 16. The number of ketones is 1. The summed E-state index contributed by atoms with van der Waals surface area (Å²) in [5.41, 5.74) is 2.77. The number of hydrogen-bond donors (Lipinski definition) is 3. The molecule has 3 N–H and O–H groups in total. The van der Waals surface area contributed by atoms with Crippen LogP contribution in [-0.2, 0) is 27.2 Å². The molecule has 0 saturated heterocycles. The van der Waals surface area contributed by atoms with Crippen LogP contribution in [-0.4, -0.2) is 90.5 Å². The van der Waals surface area contributed by atoms with Gasteiger partial charge < -0.3 is 39.3 Å². The van der Waals surface area contributed by atoms with Gasteiger partial charge in [-0.2, -0.15) is 0 Å². The van der Waals surface area contributed by atoms with E-state index in [1.807, 2.05) is 24.3 Å². The third-order valence-corrected chi connectivity index (χ3v) is 9.55. The molecule has 290 valence electrons. The van der Waals surface area contributed by atoms with Crippen LogP contribution in [0.15, 0.2) is 65.3 Å². The van der Waals surface area contributed by atoms with E-state index in [1.165, 1.54) is 50.7 Å². The molecule has 1 aliphatic carbocycles. The molecule has 1 heterocycles. The summed E-state index contributed by atoms with van der Waals surface area (Å²) in [6, 6.07) is 12.0. The number of carbonyl (C=O) groups is 5. The van der Waals surface area contributed by atoms with Crippen LogP contribution in [0.4, 0.5) is 0 Å². The molecular formula is C39H40Cl2N4O10. The Hall–Kier alpha value is -5.60. The molecule has 0 radical (unpaired) electrons. The number of nitrogens with one attached hydrogen (secondary N) is 2. The second kappa shape index (κ2) is 17.7. The van der Waals surface area contributed by atoms with Gasteiger partial charge in [-0.3, -0.25) is 24.0 Å². The molecule has 0 aliphatic heterocycles. The number of amides is 3. The normalized spacial score (nSPS) is 13.4. The highest BCUT2D eigenvalue weighted by Crippen LogP contribution is 2.38. The molecule has 0 bridgehead atoms. The summed E-state index contributed by atoms with van der Waals surface area (Å²) < 4.78 is 21.6. The second-order valence-corrected chi connectivity index (χ2v) is 14.1. The summed E-state index contributed by atoms with van der Waals surface area (Å²) in [5, 5.41) is 15.6. The number of Topliss-reactive ketones (excluding diaryl/α,β-unsaturated/α-hetero) is 1. The van der Waals surface area contributed by atoms with Gasteiger partial charge in [0.1, 0.15) is 24.0 Å². The van der Waals surface area contributed by atoms with Gasteiger partial charge >= 0.3 is 5.97 Å². The summed E-state index contributed by atoms with van der Waals surface area (Å²) in [4.78, 5) is 73.0. The van der Waals surface area contributed by atoms with Gasteiger partial charge in [-0.25, -0.2) is 4.98 Å². The molecule has 3 amide bonds. The van der Waals surface area contributed by atoms with Crippen molar-refractivity contribution in [2.75, 3.05) is 27.9 Å². The van der Waals surface area contributed by atoms with E-state index in [0.717, 1.165) is 11.1 Å². The monoisotopic (exact) mass is 794 g/mol. The van der Waals surface area contributed by atoms with Crippen LogP contribution in [0.3, 0.4) is 0 Å². The Morgan fingerprint density at radius 2 is 1.51 bits per heavy atom. The Kier molecular flexibility index (Phi) is 13.1. The van der Waals surface area contributed by atoms with Gasteiger partial charge in [0.15, 0.2) is 11.5 Å². The van der Waals surface area contributed by atoms with Crippen molar-refractivity contribution in [2.24, 2.45) is 5.92 Å². The first kappa shape index (κ1) is 40.6. The van der Waals surface area contributed by atoms with Crippen LogP contribution >= 0.6 is 23.2 Å². The van der Waals surface area contributed by atoms with Crippen LogP contribution in [0.5, 0.6) is 17.2 Å². The number of carboxylic acids is 1. The summed E-state index contributed by atoms with van der Waals surface area (Å²) >= 11 is 12.2. The maximum Gasteiger partial charge on any atom is 0.305 e. The van der Waals surface area contributed by atoms with Crippen molar-refractivity contribution in [3.63, 3.8) is 0 Å². The summed E-state index contributed by atoms with van der Waals surface area (Å²) in [6.45, 7) is 2.95. The third-order valence-electron chi connectivity index (χ3n) is 9.12. The number of carbonyl (C=O) groups excluding carboxylic acids is 4. The number of oxazole rings is 1. The molecule has 2 atom stereocenters. The van der Waals surface area contributed by atoms with Crippen molar-refractivity contribution >= 4 is 52.7 Å². The predicted molar refractivity (Wildman–Crippen MR) is 202 cm³/mol. The highest BCUT2D eigenvalue weighted by atomic mass is 35.5. The lowest BCUT2D eigenvalue weighted by atomic mass is 10.00. The number of fused-ring (bicyclic) bond motifs is 1. The number of nitrogens with zero attached hydrogens (tertiary/aromatic N) is 2. The lowest BCUT2D eigenvalue weighted by Crippen LogP contribution is -2.57. The molecule has 14 nitrogen and oxygen atoms in total. The first-order chi connectivity index (χ1) is 26.2. The van der Waals surface area contributed by atoms with E-state index < -0.39 is 72.4 Å². The van der Waals surface area contributed by atoms with E-state index in [0.29, 0.717) is 28.5 Å². The Bertz CT molecular complexity index is 2030. The number of benzene rings is 3. The highest BCUT2D eigenvalue weighted by Gasteiger charge is 2.38. The molecular weight excluding hydrogens is 755 g/mol. The van der Waals surface area contributed by atoms with Crippen molar-refractivity contribution in [3.05, 3.63) is 93.5 Å². The fraction of sp³-hybridized carbons (Fsp3) is 0.333. The summed E-state index contributed by atoms with van der Waals surface area (Å²) in [7, 11) is 4.26. The van der Waals surface area contributed by atoms with Gasteiger partial charge in [0.2, 0.25) is 23.3 Å². The number of carboxylic acid groups (broad SMARTS) is 1. The van der Waals surface area contributed by atoms with Crippen molar-refractivity contribution < 1.29 is 47.7 Å². The van der Waals surface area contributed by atoms with E-state index in [2.05, 4.69) is 15.6 Å². The minimum Gasteiger partial charge on any atom is -0.493 e. The zero-order valence-corrected chi connectivity index (χ0v) is 32.2. The Morgan fingerprint density at radius 1 is 0.909 bits per heavy atom. The topological polar surface area (TPSA) is 187 Å². The minimum atomic E-state index is -1.60. The zero-order valence-electron chi connectivity index (χ0n) is 30.7. The first-order valence-corrected chi connectivity index (χ1v) is 17.9. The molecule has 16 heteroatoms. The van der Waals surface area contributed by atoms with Crippen molar-refractivity contribution in [2.45, 2.75) is 51.2 Å². The minimum absolute atomic E-state index is 0.133. The standard InChI is InChI=1S/C39H40Cl2N4O10/c1-20(2)34(44-37(50)24-14-30(52-3)36(54-5)31(15-24)53-4)39(51)45(27-12-21-8-6-7-9-22(21)13-27)18-32(46)42-28(17-33(47)48)35(49)38-43-29(19-55-38)23-10-25(40)16-26(41)11-23/h6-11,14-16,19-20,27-28,34H,12-13,17-18H2,1-5H3,(H,42,46)(H,44,50)(H,47,48)/t28-,34-/m0/s1. The third kappa shape index (κ3) is 9.56. The van der Waals surface area contributed by atoms with Gasteiger partial charge in [0.05, 0.1) is 34.3 Å². The Morgan fingerprint density at radius 3 is 2.04 bits per heavy atom. The number of aliphatic carboxylic acids is 1. The molecule has 0 fully saturated rings. The van der Waals surface area contributed by atoms with Gasteiger partial charge in [-0.05, 0) is 60.2 Å². The fourth-order valence-electron chi connectivity index (χ4n) is 6.42. The molecule has 1 aliphatic rings. The van der Waals surface area contributed by atoms with E-state index in [9.17, 15) is 29.1 Å². The summed E-state index contributed by atoms with van der Waals surface area (Å²) in [6.07, 6.45) is 1.23. The van der Waals surface area contributed by atoms with Crippen LogP contribution in [0.25, 0.3) is 11.3 Å². The number of ether oxygens (including phenoxy) is 3. The number of halogens is 2. The molecule has 55 heavy (non-hydrogen) atoms. The number of hydrogen-bond acceptors (Lipinski definition) is 10. The number of methoxy groups -OCH3 is 3. The van der Waals surface area contributed by atoms with Crippen molar-refractivity contribution in [1.82, 2.24) is 20.5 Å². The smallest absolute Gasteiger partial charge is 0.305 e. The molecule has 0 spiro atoms. The predicted octanol–water partition coefficient (Wildman–Crippen LogP) is 5.27. The lowest BCUT2D eigenvalue weighted by molar-refractivity contribution is -0.141. The Balaban J connectivity index is 1.40. The van der Waals surface area contributed by atoms with Crippen LogP contribution < -0.4 is 24.8 Å². The van der Waals surface area contributed by atoms with E-state index in [4.69, 9.17) is 41.8 Å². The molecule has 1 aromatic heterocycles. The Labute approximate surface area is 327 Å². The molecule has 3 aromatic carbocycles. The fourth-order valence-corrected chi connectivity index (χ4v) is 6.95. The summed E-state index contributed by atoms with van der Waals surface area (Å²) in [5.74, 6) is -4.39. The van der Waals surface area contributed by atoms with E-state index >= 15 is 0 Å². The van der Waals surface area contributed by atoms with Gasteiger partial charge in [0.25, 0.3) is 11.8 Å². The van der Waals surface area contributed by atoms with Crippen molar-refractivity contribution in [3.8, 4) is 28.5 Å². The average Bonchev–Trinajstić information content (AvgIpc) is 3.82. The number of aromatic nitrogens is 1. The molecule has 0 saturated carbocycles. The average molecular weight is 796 g/mol. The lowest BCUT2D eigenvalue weighted by Gasteiger charge is -2.34. The van der Waals surface area contributed by atoms with Crippen molar-refractivity contribution in [1.29, 1.82) is 0 Å². The van der Waals surface area contributed by atoms with E-state index in [1.54, 1.807) is 26.0 Å². The quantitative estimate of drug-likeness (QED) is 0.126. The molecule has 4 aromatic rings. The molecule has 5 rings (SSSR count). The van der Waals surface area contributed by atoms with Crippen LogP contribution in [0.2, 0.25) is 10.0 Å². The van der Waals surface area contributed by atoms with E-state index in [-0.39, 0.29) is 28.5 Å². The zero-order chi connectivity index (χ0) is 40.0. The second-order valence-electron chi connectivity index (χ2n) is 13.2. The van der Waals surface area contributed by atoms with Crippen LogP contribution in [0.1, 0.15) is 52.4 Å². The van der Waals surface area contributed by atoms with Gasteiger partial charge in [0, 0.05) is 27.2 Å². The van der Waals surface area contributed by atoms with Gasteiger partial charge in [-0.1, -0.05) is 61.3 Å². The molecule has 0 unspecified atom stereocenters. The maximum absolute atomic E-state index is 14.5. The SMILES string of the molecule is COc1cc(C(=O)N[C@H](C(=O)N(CC(=O)N[C@@H](CC(=O)O)C(=O)c2nc(-c3cc(Cl)cc(Cl)c3)co2)C2Cc3ccccc3C2)C(C)C)cc(OC)c1OC. The largest absolute Gasteiger partial charge is 0.493 e. The highest BCUT2D eigenvalue weighted by molar-refractivity contribution is 6.35. The first-order valence-electron chi connectivity index (χ1n) is 17.2. The van der Waals surface area contributed by atoms with Crippen LogP contribution in [0, 0.1) is 5.92 Å². The van der Waals surface area contributed by atoms with Gasteiger partial charge in [-0.15, -0.1) is 0 Å².